The number of ether oxygens (including phenoxy) is 2. The maximum absolute atomic E-state index is 12.5. The van der Waals surface area contributed by atoms with E-state index in [1.54, 1.807) is 0 Å². The number of piperidine rings is 1. The summed E-state index contributed by atoms with van der Waals surface area (Å²) in [6.07, 6.45) is 1.43. The van der Waals surface area contributed by atoms with E-state index in [4.69, 9.17) is 9.47 Å². The molecule has 0 radical (unpaired) electrons. The van der Waals surface area contributed by atoms with Crippen molar-refractivity contribution in [3.05, 3.63) is 24.3 Å². The monoisotopic (exact) mass is 318 g/mol. The quantitative estimate of drug-likeness (QED) is 0.923. The summed E-state index contributed by atoms with van der Waals surface area (Å²) in [4.78, 5) is 14.9. The van der Waals surface area contributed by atoms with Crippen LogP contribution < -0.4 is 14.8 Å². The van der Waals surface area contributed by atoms with Crippen LogP contribution in [-0.4, -0.2) is 49.2 Å². The zero-order valence-electron chi connectivity index (χ0n) is 14.0. The van der Waals surface area contributed by atoms with E-state index in [1.807, 2.05) is 31.2 Å². The number of hydrogen-bond acceptors (Lipinski definition) is 4. The van der Waals surface area contributed by atoms with Gasteiger partial charge in [-0.3, -0.25) is 4.79 Å². The smallest absolute Gasteiger partial charge is 0.265 e. The first-order valence-electron chi connectivity index (χ1n) is 8.59. The molecule has 1 N–H and O–H groups in total. The Hall–Kier alpha value is -1.75. The summed E-state index contributed by atoms with van der Waals surface area (Å²) in [5.74, 6) is 1.83. The van der Waals surface area contributed by atoms with Crippen molar-refractivity contribution in [1.29, 1.82) is 0 Å². The summed E-state index contributed by atoms with van der Waals surface area (Å²) in [6.45, 7) is 8.17. The molecular formula is C18H26N2O3. The number of nitrogens with zero attached hydrogens (tertiary/aromatic N) is 1. The van der Waals surface area contributed by atoms with Gasteiger partial charge in [0.1, 0.15) is 6.10 Å². The first kappa shape index (κ1) is 16.1. The number of amides is 1. The first-order chi connectivity index (χ1) is 11.2. The van der Waals surface area contributed by atoms with Crippen LogP contribution >= 0.6 is 0 Å². The predicted molar refractivity (Wildman–Crippen MR) is 88.8 cm³/mol. The van der Waals surface area contributed by atoms with E-state index in [1.165, 1.54) is 0 Å². The summed E-state index contributed by atoms with van der Waals surface area (Å²) in [5.41, 5.74) is 0. The SMILES string of the molecule is CCN1CCC(CNC(=O)[C@H]2Oc3ccccc3O[C@H]2C)CC1. The zero-order valence-corrected chi connectivity index (χ0v) is 14.0. The summed E-state index contributed by atoms with van der Waals surface area (Å²) < 4.78 is 11.6. The molecule has 126 valence electrons. The summed E-state index contributed by atoms with van der Waals surface area (Å²) >= 11 is 0. The second-order valence-electron chi connectivity index (χ2n) is 6.43. The molecule has 2 heterocycles. The maximum Gasteiger partial charge on any atom is 0.265 e. The number of hydrogen-bond donors (Lipinski definition) is 1. The third kappa shape index (κ3) is 3.78. The third-order valence-electron chi connectivity index (χ3n) is 4.82. The van der Waals surface area contributed by atoms with E-state index in [-0.39, 0.29) is 12.0 Å². The minimum atomic E-state index is -0.583. The van der Waals surface area contributed by atoms with Crippen molar-refractivity contribution in [3.8, 4) is 11.5 Å². The fraction of sp³-hybridized carbons (Fsp3) is 0.611. The minimum Gasteiger partial charge on any atom is -0.482 e. The zero-order chi connectivity index (χ0) is 16.2. The molecule has 5 nitrogen and oxygen atoms in total. The van der Waals surface area contributed by atoms with Gasteiger partial charge >= 0.3 is 0 Å². The Morgan fingerprint density at radius 3 is 2.52 bits per heavy atom. The number of para-hydroxylation sites is 2. The van der Waals surface area contributed by atoms with Gasteiger partial charge in [-0.1, -0.05) is 19.1 Å². The summed E-state index contributed by atoms with van der Waals surface area (Å²) in [5, 5.41) is 3.05. The molecule has 0 saturated carbocycles. The van der Waals surface area contributed by atoms with Crippen LogP contribution in [0.25, 0.3) is 0 Å². The van der Waals surface area contributed by atoms with Gasteiger partial charge in [-0.05, 0) is 57.5 Å². The Morgan fingerprint density at radius 1 is 1.22 bits per heavy atom. The molecule has 0 bridgehead atoms. The summed E-state index contributed by atoms with van der Waals surface area (Å²) in [6, 6.07) is 7.48. The standard InChI is InChI=1S/C18H26N2O3/c1-3-20-10-8-14(9-11-20)12-19-18(21)17-13(2)22-15-6-4-5-7-16(15)23-17/h4-7,13-14,17H,3,8-12H2,1-2H3,(H,19,21)/t13-,17-/m0/s1. The van der Waals surface area contributed by atoms with Crippen molar-refractivity contribution in [1.82, 2.24) is 10.2 Å². The molecule has 23 heavy (non-hydrogen) atoms. The van der Waals surface area contributed by atoms with Gasteiger partial charge in [-0.25, -0.2) is 0 Å². The molecule has 2 aliphatic heterocycles. The topological polar surface area (TPSA) is 50.8 Å². The van der Waals surface area contributed by atoms with Gasteiger partial charge in [0, 0.05) is 6.54 Å². The molecule has 1 fully saturated rings. The lowest BCUT2D eigenvalue weighted by Crippen LogP contribution is -2.50. The molecule has 0 aliphatic carbocycles. The second-order valence-corrected chi connectivity index (χ2v) is 6.43. The number of fused-ring (bicyclic) bond motifs is 1. The van der Waals surface area contributed by atoms with Gasteiger partial charge in [0.05, 0.1) is 0 Å². The Labute approximate surface area is 137 Å². The minimum absolute atomic E-state index is 0.0788. The number of rotatable bonds is 4. The molecule has 0 aromatic heterocycles. The van der Waals surface area contributed by atoms with Gasteiger partial charge in [-0.2, -0.15) is 0 Å². The highest BCUT2D eigenvalue weighted by Crippen LogP contribution is 2.33. The molecular weight excluding hydrogens is 292 g/mol. The molecule has 3 rings (SSSR count). The predicted octanol–water partition coefficient (Wildman–Crippen LogP) is 2.06. The van der Waals surface area contributed by atoms with Crippen LogP contribution in [0.15, 0.2) is 24.3 Å². The summed E-state index contributed by atoms with van der Waals surface area (Å²) in [7, 11) is 0. The fourth-order valence-electron chi connectivity index (χ4n) is 3.26. The van der Waals surface area contributed by atoms with Crippen molar-refractivity contribution >= 4 is 5.91 Å². The molecule has 1 saturated heterocycles. The molecule has 0 unspecified atom stereocenters. The van der Waals surface area contributed by atoms with E-state index in [0.717, 1.165) is 39.0 Å². The molecule has 1 aromatic carbocycles. The second kappa shape index (κ2) is 7.21. The van der Waals surface area contributed by atoms with Gasteiger partial charge in [0.15, 0.2) is 11.5 Å². The molecule has 0 spiro atoms. The van der Waals surface area contributed by atoms with Crippen LogP contribution in [0.1, 0.15) is 26.7 Å². The van der Waals surface area contributed by atoms with Crippen molar-refractivity contribution in [2.45, 2.75) is 38.9 Å². The van der Waals surface area contributed by atoms with Gasteiger partial charge < -0.3 is 19.7 Å². The van der Waals surface area contributed by atoms with Gasteiger partial charge in [0.25, 0.3) is 5.91 Å². The molecule has 2 aliphatic rings. The molecule has 1 aromatic rings. The van der Waals surface area contributed by atoms with Crippen LogP contribution in [0.4, 0.5) is 0 Å². The normalized spacial score (nSPS) is 25.1. The fourth-order valence-corrected chi connectivity index (χ4v) is 3.26. The molecule has 2 atom stereocenters. The van der Waals surface area contributed by atoms with Crippen LogP contribution in [0.3, 0.4) is 0 Å². The number of likely N-dealkylation sites (tertiary alicyclic amines) is 1. The van der Waals surface area contributed by atoms with Crippen molar-refractivity contribution in [2.24, 2.45) is 5.92 Å². The van der Waals surface area contributed by atoms with Crippen molar-refractivity contribution in [3.63, 3.8) is 0 Å². The molecule has 1 amide bonds. The Bertz CT molecular complexity index is 541. The Balaban J connectivity index is 1.51. The lowest BCUT2D eigenvalue weighted by atomic mass is 9.96. The van der Waals surface area contributed by atoms with E-state index >= 15 is 0 Å². The number of carbonyl (C=O) groups excluding carboxylic acids is 1. The largest absolute Gasteiger partial charge is 0.482 e. The van der Waals surface area contributed by atoms with Crippen LogP contribution in [0.5, 0.6) is 11.5 Å². The highest BCUT2D eigenvalue weighted by Gasteiger charge is 2.34. The highest BCUT2D eigenvalue weighted by atomic mass is 16.6. The maximum atomic E-state index is 12.5. The van der Waals surface area contributed by atoms with E-state index < -0.39 is 6.10 Å². The lowest BCUT2D eigenvalue weighted by molar-refractivity contribution is -0.133. The van der Waals surface area contributed by atoms with E-state index in [9.17, 15) is 4.79 Å². The van der Waals surface area contributed by atoms with Gasteiger partial charge in [0.2, 0.25) is 6.10 Å². The van der Waals surface area contributed by atoms with Gasteiger partial charge in [-0.15, -0.1) is 0 Å². The van der Waals surface area contributed by atoms with Crippen LogP contribution in [0.2, 0.25) is 0 Å². The average Bonchev–Trinajstić information content (AvgIpc) is 2.59. The number of nitrogens with one attached hydrogen (secondary N) is 1. The Morgan fingerprint density at radius 2 is 1.87 bits per heavy atom. The third-order valence-corrected chi connectivity index (χ3v) is 4.82. The van der Waals surface area contributed by atoms with E-state index in [0.29, 0.717) is 17.4 Å². The first-order valence-corrected chi connectivity index (χ1v) is 8.59. The van der Waals surface area contributed by atoms with Crippen molar-refractivity contribution in [2.75, 3.05) is 26.2 Å². The van der Waals surface area contributed by atoms with Crippen LogP contribution in [-0.2, 0) is 4.79 Å². The van der Waals surface area contributed by atoms with E-state index in [2.05, 4.69) is 17.1 Å². The number of carbonyl (C=O) groups is 1. The number of benzene rings is 1. The van der Waals surface area contributed by atoms with Crippen LogP contribution in [0, 0.1) is 5.92 Å². The van der Waals surface area contributed by atoms with Crippen molar-refractivity contribution < 1.29 is 14.3 Å². The average molecular weight is 318 g/mol. The molecule has 5 heteroatoms. The highest BCUT2D eigenvalue weighted by molar-refractivity contribution is 5.82. The Kier molecular flexibility index (Phi) is 5.06. The lowest BCUT2D eigenvalue weighted by Gasteiger charge is -2.33.